The highest BCUT2D eigenvalue weighted by atomic mass is 32.2. The molecule has 4 rings (SSSR count). The molecule has 0 aliphatic carbocycles. The first-order valence-electron chi connectivity index (χ1n) is 15.4. The summed E-state index contributed by atoms with van der Waals surface area (Å²) < 4.78 is 50.3. The van der Waals surface area contributed by atoms with Crippen LogP contribution in [0.5, 0.6) is 0 Å². The number of aliphatic hydroxyl groups is 1. The molecule has 0 spiro atoms. The lowest BCUT2D eigenvalue weighted by Crippen LogP contribution is -2.48. The number of carbonyl (C=O) groups excluding carboxylic acids is 2. The second kappa shape index (κ2) is 14.9. The zero-order valence-electron chi connectivity index (χ0n) is 26.2. The summed E-state index contributed by atoms with van der Waals surface area (Å²) in [5, 5.41) is 10.6. The second-order valence-electron chi connectivity index (χ2n) is 12.5. The lowest BCUT2D eigenvalue weighted by atomic mass is 9.91. The van der Waals surface area contributed by atoms with E-state index in [4.69, 9.17) is 9.47 Å². The first-order valence-corrected chi connectivity index (χ1v) is 17.3. The van der Waals surface area contributed by atoms with E-state index in [1.54, 1.807) is 24.0 Å². The highest BCUT2D eigenvalue weighted by molar-refractivity contribution is 7.91. The van der Waals surface area contributed by atoms with Gasteiger partial charge in [0.2, 0.25) is 0 Å². The highest BCUT2D eigenvalue weighted by Gasteiger charge is 2.29. The van der Waals surface area contributed by atoms with Crippen molar-refractivity contribution >= 4 is 33.7 Å². The molecular formula is C32H46FN3O7S. The molecule has 2 saturated heterocycles. The Hall–Kier alpha value is -2.96. The number of esters is 1. The summed E-state index contributed by atoms with van der Waals surface area (Å²) in [5.74, 6) is -1.37. The first kappa shape index (κ1) is 33.9. The summed E-state index contributed by atoms with van der Waals surface area (Å²) >= 11 is 0. The number of anilines is 1. The SMILES string of the molecule is C/C(=C\c1cc(F)cc(N2CCS(=O)(=O)CC2)c1)[C@H]1OC(=O)C[C@H](O)CC[C@H](C)C(OC(=O)N2CCN(C)CC2)/C=C/[C@@H]1C. The number of hydrogen-bond acceptors (Lipinski definition) is 9. The van der Waals surface area contributed by atoms with E-state index in [2.05, 4.69) is 4.90 Å². The van der Waals surface area contributed by atoms with E-state index in [1.807, 2.05) is 37.9 Å². The van der Waals surface area contributed by atoms with Crippen molar-refractivity contribution in [2.75, 3.05) is 62.7 Å². The third-order valence-electron chi connectivity index (χ3n) is 8.71. The van der Waals surface area contributed by atoms with Gasteiger partial charge in [-0.3, -0.25) is 4.79 Å². The molecule has 0 bridgehead atoms. The van der Waals surface area contributed by atoms with Crippen molar-refractivity contribution in [3.63, 3.8) is 0 Å². The molecule has 44 heavy (non-hydrogen) atoms. The Morgan fingerprint density at radius 2 is 1.73 bits per heavy atom. The van der Waals surface area contributed by atoms with Gasteiger partial charge >= 0.3 is 12.1 Å². The van der Waals surface area contributed by atoms with Crippen LogP contribution in [0.2, 0.25) is 0 Å². The van der Waals surface area contributed by atoms with Crippen molar-refractivity contribution in [3.8, 4) is 0 Å². The van der Waals surface area contributed by atoms with Gasteiger partial charge in [-0.1, -0.05) is 26.0 Å². The fourth-order valence-corrected chi connectivity index (χ4v) is 7.01. The van der Waals surface area contributed by atoms with Gasteiger partial charge in [-0.25, -0.2) is 17.6 Å². The Labute approximate surface area is 260 Å². The maximum atomic E-state index is 14.7. The summed E-state index contributed by atoms with van der Waals surface area (Å²) in [4.78, 5) is 31.6. The van der Waals surface area contributed by atoms with Crippen molar-refractivity contribution in [2.24, 2.45) is 11.8 Å². The maximum Gasteiger partial charge on any atom is 0.410 e. The normalized spacial score (nSPS) is 30.1. The number of sulfone groups is 1. The predicted octanol–water partition coefficient (Wildman–Crippen LogP) is 3.50. The van der Waals surface area contributed by atoms with Crippen molar-refractivity contribution in [1.29, 1.82) is 0 Å². The van der Waals surface area contributed by atoms with Gasteiger partial charge in [0, 0.05) is 50.9 Å². The molecule has 3 aliphatic rings. The molecule has 3 heterocycles. The minimum atomic E-state index is -3.08. The average Bonchev–Trinajstić information content (AvgIpc) is 2.96. The van der Waals surface area contributed by atoms with Crippen molar-refractivity contribution in [2.45, 2.75) is 58.3 Å². The Bertz CT molecular complexity index is 1330. The van der Waals surface area contributed by atoms with Gasteiger partial charge in [0.05, 0.1) is 24.0 Å². The van der Waals surface area contributed by atoms with Crippen molar-refractivity contribution in [1.82, 2.24) is 9.80 Å². The Morgan fingerprint density at radius 1 is 1.05 bits per heavy atom. The van der Waals surface area contributed by atoms with Crippen LogP contribution in [0.4, 0.5) is 14.9 Å². The van der Waals surface area contributed by atoms with E-state index < -0.39 is 39.9 Å². The molecule has 5 atom stereocenters. The number of halogens is 1. The molecule has 1 unspecified atom stereocenters. The molecule has 1 aromatic rings. The molecule has 1 aromatic carbocycles. The van der Waals surface area contributed by atoms with Crippen LogP contribution in [0.1, 0.15) is 45.6 Å². The largest absolute Gasteiger partial charge is 0.457 e. The van der Waals surface area contributed by atoms with Crippen LogP contribution in [0, 0.1) is 17.7 Å². The topological polar surface area (TPSA) is 117 Å². The van der Waals surface area contributed by atoms with Gasteiger partial charge < -0.3 is 29.3 Å². The van der Waals surface area contributed by atoms with Crippen LogP contribution in [-0.2, 0) is 24.1 Å². The van der Waals surface area contributed by atoms with E-state index in [1.165, 1.54) is 12.1 Å². The number of amides is 1. The lowest BCUT2D eigenvalue weighted by molar-refractivity contribution is -0.151. The zero-order chi connectivity index (χ0) is 32.0. The number of nitrogens with zero attached hydrogens (tertiary/aromatic N) is 3. The number of rotatable bonds is 4. The summed E-state index contributed by atoms with van der Waals surface area (Å²) in [7, 11) is -1.07. The van der Waals surface area contributed by atoms with Gasteiger partial charge in [0.1, 0.15) is 18.0 Å². The number of piperazine rings is 1. The van der Waals surface area contributed by atoms with Crippen LogP contribution in [0.3, 0.4) is 0 Å². The molecule has 0 radical (unpaired) electrons. The number of ether oxygens (including phenoxy) is 2. The fourth-order valence-electron chi connectivity index (χ4n) is 5.81. The molecule has 244 valence electrons. The van der Waals surface area contributed by atoms with Crippen molar-refractivity contribution in [3.05, 3.63) is 47.3 Å². The molecule has 1 amide bonds. The predicted molar refractivity (Wildman–Crippen MR) is 167 cm³/mol. The molecule has 0 saturated carbocycles. The van der Waals surface area contributed by atoms with Gasteiger partial charge in [-0.05, 0) is 68.1 Å². The zero-order valence-corrected chi connectivity index (χ0v) is 27.0. The van der Waals surface area contributed by atoms with Crippen LogP contribution in [0.25, 0.3) is 6.08 Å². The molecule has 2 fully saturated rings. The number of benzene rings is 1. The van der Waals surface area contributed by atoms with E-state index >= 15 is 0 Å². The van der Waals surface area contributed by atoms with Gasteiger partial charge in [-0.2, -0.15) is 0 Å². The third kappa shape index (κ3) is 9.52. The Balaban J connectivity index is 1.56. The quantitative estimate of drug-likeness (QED) is 0.392. The molecular weight excluding hydrogens is 589 g/mol. The van der Waals surface area contributed by atoms with E-state index in [0.29, 0.717) is 42.8 Å². The molecule has 10 nitrogen and oxygen atoms in total. The Morgan fingerprint density at radius 3 is 2.41 bits per heavy atom. The molecule has 3 aliphatic heterocycles. The van der Waals surface area contributed by atoms with Crippen LogP contribution in [-0.4, -0.2) is 112 Å². The number of likely N-dealkylation sites (N-methyl/N-ethyl adjacent to an activating group) is 1. The van der Waals surface area contributed by atoms with E-state index in [0.717, 1.165) is 13.1 Å². The minimum absolute atomic E-state index is 0.0196. The number of cyclic esters (lactones) is 1. The standard InChI is InChI=1S/C32H46FN3O7S/c1-22-5-7-28(37)21-30(38)43-31(23(2)6-8-29(22)42-32(39)36-11-9-34(4)10-12-36)24(3)17-25-18-26(33)20-27(19-25)35-13-15-44(40,41)16-14-35/h6,8,17-20,22-23,28-29,31,37H,5,7,9-16,21H2,1-4H3/b8-6+,24-17+/t22-,23-,28+,29?,31-/m0/s1. The van der Waals surface area contributed by atoms with Crippen LogP contribution < -0.4 is 4.90 Å². The van der Waals surface area contributed by atoms with E-state index in [9.17, 15) is 27.5 Å². The third-order valence-corrected chi connectivity index (χ3v) is 10.3. The highest BCUT2D eigenvalue weighted by Crippen LogP contribution is 2.28. The fraction of sp³-hybridized carbons (Fsp3) is 0.625. The number of aliphatic hydroxyl groups excluding tert-OH is 1. The van der Waals surface area contributed by atoms with Gasteiger partial charge in [0.25, 0.3) is 0 Å². The molecule has 1 N–H and O–H groups in total. The smallest absolute Gasteiger partial charge is 0.410 e. The minimum Gasteiger partial charge on any atom is -0.457 e. The van der Waals surface area contributed by atoms with Crippen LogP contribution >= 0.6 is 0 Å². The summed E-state index contributed by atoms with van der Waals surface area (Å²) in [6.45, 7) is 8.98. The van der Waals surface area contributed by atoms with Crippen molar-refractivity contribution < 1.29 is 37.0 Å². The van der Waals surface area contributed by atoms with Gasteiger partial charge in [0.15, 0.2) is 9.84 Å². The van der Waals surface area contributed by atoms with E-state index in [-0.39, 0.29) is 48.9 Å². The summed E-state index contributed by atoms with van der Waals surface area (Å²) in [6.07, 6.45) is 3.71. The van der Waals surface area contributed by atoms with Crippen LogP contribution in [0.15, 0.2) is 35.9 Å². The molecule has 12 heteroatoms. The second-order valence-corrected chi connectivity index (χ2v) is 14.8. The number of hydrogen-bond donors (Lipinski definition) is 1. The summed E-state index contributed by atoms with van der Waals surface area (Å²) in [5.41, 5.74) is 1.81. The average molecular weight is 636 g/mol. The maximum absolute atomic E-state index is 14.7. The Kier molecular flexibility index (Phi) is 11.5. The van der Waals surface area contributed by atoms with Gasteiger partial charge in [-0.15, -0.1) is 0 Å². The monoisotopic (exact) mass is 635 g/mol. The lowest BCUT2D eigenvalue weighted by Gasteiger charge is -2.33. The molecule has 0 aromatic heterocycles. The number of carbonyl (C=O) groups is 2. The summed E-state index contributed by atoms with van der Waals surface area (Å²) in [6, 6.07) is 4.56. The first-order chi connectivity index (χ1) is 20.8.